The quantitative estimate of drug-likeness (QED) is 0.760. The van der Waals surface area contributed by atoms with Crippen LogP contribution in [0.25, 0.3) is 10.8 Å². The highest BCUT2D eigenvalue weighted by molar-refractivity contribution is 5.86. The molecule has 0 bridgehead atoms. The van der Waals surface area contributed by atoms with E-state index in [4.69, 9.17) is 0 Å². The number of fused-ring (bicyclic) bond motifs is 1. The lowest BCUT2D eigenvalue weighted by Gasteiger charge is -2.14. The first-order chi connectivity index (χ1) is 9.06. The van der Waals surface area contributed by atoms with Crippen molar-refractivity contribution >= 4 is 16.6 Å². The van der Waals surface area contributed by atoms with Crippen molar-refractivity contribution in [2.45, 2.75) is 33.6 Å². The molecule has 0 aliphatic carbocycles. The summed E-state index contributed by atoms with van der Waals surface area (Å²) in [6.45, 7) is 6.50. The second-order valence-electron chi connectivity index (χ2n) is 5.82. The van der Waals surface area contributed by atoms with Gasteiger partial charge in [0.15, 0.2) is 0 Å². The Bertz CT molecular complexity index is 569. The zero-order valence-electron chi connectivity index (χ0n) is 12.0. The van der Waals surface area contributed by atoms with E-state index >= 15 is 0 Å². The summed E-state index contributed by atoms with van der Waals surface area (Å²) in [4.78, 5) is 12.1. The molecule has 0 aliphatic rings. The van der Waals surface area contributed by atoms with Crippen LogP contribution in [-0.2, 0) is 11.2 Å². The van der Waals surface area contributed by atoms with Crippen LogP contribution in [0, 0.1) is 11.8 Å². The maximum absolute atomic E-state index is 12.1. The van der Waals surface area contributed by atoms with E-state index in [1.807, 2.05) is 12.1 Å². The van der Waals surface area contributed by atoms with Crippen molar-refractivity contribution in [3.63, 3.8) is 0 Å². The summed E-state index contributed by atoms with van der Waals surface area (Å²) in [5.74, 6) is 1.38. The largest absolute Gasteiger partial charge is 0.299 e. The van der Waals surface area contributed by atoms with E-state index in [0.717, 1.165) is 5.56 Å². The summed E-state index contributed by atoms with van der Waals surface area (Å²) in [5.41, 5.74) is 1.12. The molecular weight excluding hydrogens is 232 g/mol. The lowest BCUT2D eigenvalue weighted by atomic mass is 9.91. The molecule has 100 valence electrons. The second-order valence-corrected chi connectivity index (χ2v) is 5.82. The Hall–Kier alpha value is -1.63. The van der Waals surface area contributed by atoms with Crippen LogP contribution in [0.15, 0.2) is 42.5 Å². The third-order valence-electron chi connectivity index (χ3n) is 3.90. The van der Waals surface area contributed by atoms with Crippen molar-refractivity contribution in [3.8, 4) is 0 Å². The van der Waals surface area contributed by atoms with Crippen molar-refractivity contribution in [3.05, 3.63) is 48.0 Å². The van der Waals surface area contributed by atoms with Crippen molar-refractivity contribution in [1.82, 2.24) is 0 Å². The van der Waals surface area contributed by atoms with Crippen molar-refractivity contribution < 1.29 is 4.79 Å². The van der Waals surface area contributed by atoms with Gasteiger partial charge in [-0.1, -0.05) is 63.2 Å². The fraction of sp³-hybridized carbons (Fsp3) is 0.389. The number of hydrogen-bond donors (Lipinski definition) is 0. The Morgan fingerprint density at radius 3 is 2.37 bits per heavy atom. The Labute approximate surface area is 115 Å². The number of Topliss-reactive ketones (excluding diaryl/α,β-unsaturated/α-hetero) is 1. The lowest BCUT2D eigenvalue weighted by Crippen LogP contribution is -2.12. The molecule has 0 saturated carbocycles. The van der Waals surface area contributed by atoms with Gasteiger partial charge in [-0.25, -0.2) is 0 Å². The molecule has 0 spiro atoms. The smallest absolute Gasteiger partial charge is 0.137 e. The summed E-state index contributed by atoms with van der Waals surface area (Å²) in [6.07, 6.45) is 1.24. The van der Waals surface area contributed by atoms with Crippen molar-refractivity contribution in [2.24, 2.45) is 11.8 Å². The van der Waals surface area contributed by atoms with Gasteiger partial charge in [-0.05, 0) is 28.2 Å². The lowest BCUT2D eigenvalue weighted by molar-refractivity contribution is -0.119. The summed E-state index contributed by atoms with van der Waals surface area (Å²) in [7, 11) is 0. The zero-order valence-corrected chi connectivity index (χ0v) is 12.0. The first-order valence-electron chi connectivity index (χ1n) is 7.05. The van der Waals surface area contributed by atoms with Crippen LogP contribution in [0.5, 0.6) is 0 Å². The van der Waals surface area contributed by atoms with Crippen LogP contribution >= 0.6 is 0 Å². The number of hydrogen-bond acceptors (Lipinski definition) is 1. The number of rotatable bonds is 5. The number of carbonyl (C=O) groups is 1. The van der Waals surface area contributed by atoms with E-state index in [0.29, 0.717) is 30.5 Å². The average Bonchev–Trinajstić information content (AvgIpc) is 2.38. The van der Waals surface area contributed by atoms with Gasteiger partial charge in [0.1, 0.15) is 5.78 Å². The Morgan fingerprint density at radius 2 is 1.68 bits per heavy atom. The van der Waals surface area contributed by atoms with Gasteiger partial charge in [0.05, 0.1) is 0 Å². The first kappa shape index (κ1) is 13.8. The normalized spacial score (nSPS) is 12.8. The molecule has 1 unspecified atom stereocenters. The fourth-order valence-electron chi connectivity index (χ4n) is 2.24. The standard InChI is InChI=1S/C18H22O/c1-13(2)14(3)10-18(19)12-15-8-9-16-6-4-5-7-17(16)11-15/h4-9,11,13-14H,10,12H2,1-3H3. The van der Waals surface area contributed by atoms with Gasteiger partial charge in [0.2, 0.25) is 0 Å². The van der Waals surface area contributed by atoms with E-state index in [2.05, 4.69) is 51.1 Å². The first-order valence-corrected chi connectivity index (χ1v) is 7.05. The topological polar surface area (TPSA) is 17.1 Å². The van der Waals surface area contributed by atoms with Gasteiger partial charge >= 0.3 is 0 Å². The van der Waals surface area contributed by atoms with Crippen LogP contribution in [0.1, 0.15) is 32.8 Å². The summed E-state index contributed by atoms with van der Waals surface area (Å²) in [5, 5.41) is 2.44. The molecule has 0 radical (unpaired) electrons. The van der Waals surface area contributed by atoms with Gasteiger partial charge in [-0.15, -0.1) is 0 Å². The molecule has 0 amide bonds. The minimum atomic E-state index is 0.344. The number of benzene rings is 2. The minimum absolute atomic E-state index is 0.344. The van der Waals surface area contributed by atoms with Gasteiger partial charge in [0.25, 0.3) is 0 Å². The maximum atomic E-state index is 12.1. The maximum Gasteiger partial charge on any atom is 0.137 e. The third-order valence-corrected chi connectivity index (χ3v) is 3.90. The summed E-state index contributed by atoms with van der Waals surface area (Å²) in [6, 6.07) is 14.6. The molecule has 1 heteroatoms. The average molecular weight is 254 g/mol. The van der Waals surface area contributed by atoms with Crippen molar-refractivity contribution in [2.75, 3.05) is 0 Å². The monoisotopic (exact) mass is 254 g/mol. The Balaban J connectivity index is 2.07. The predicted octanol–water partition coefficient (Wildman–Crippen LogP) is 4.63. The third kappa shape index (κ3) is 3.66. The molecule has 0 aliphatic heterocycles. The molecule has 0 fully saturated rings. The molecule has 2 rings (SSSR count). The van der Waals surface area contributed by atoms with Gasteiger partial charge < -0.3 is 0 Å². The highest BCUT2D eigenvalue weighted by Crippen LogP contribution is 2.19. The zero-order chi connectivity index (χ0) is 13.8. The van der Waals surface area contributed by atoms with Crippen LogP contribution in [-0.4, -0.2) is 5.78 Å². The second kappa shape index (κ2) is 6.01. The van der Waals surface area contributed by atoms with Crippen LogP contribution in [0.3, 0.4) is 0 Å². The van der Waals surface area contributed by atoms with Gasteiger partial charge in [-0.3, -0.25) is 4.79 Å². The van der Waals surface area contributed by atoms with E-state index in [9.17, 15) is 4.79 Å². The van der Waals surface area contributed by atoms with Crippen LogP contribution in [0.2, 0.25) is 0 Å². The van der Waals surface area contributed by atoms with E-state index in [-0.39, 0.29) is 0 Å². The van der Waals surface area contributed by atoms with E-state index < -0.39 is 0 Å². The molecule has 2 aromatic rings. The molecule has 2 aromatic carbocycles. The summed E-state index contributed by atoms with van der Waals surface area (Å²) < 4.78 is 0. The fourth-order valence-corrected chi connectivity index (χ4v) is 2.24. The Morgan fingerprint density at radius 1 is 1.00 bits per heavy atom. The molecular formula is C18H22O. The summed E-state index contributed by atoms with van der Waals surface area (Å²) >= 11 is 0. The molecule has 0 saturated heterocycles. The van der Waals surface area contributed by atoms with E-state index in [1.165, 1.54) is 10.8 Å². The molecule has 0 N–H and O–H groups in total. The van der Waals surface area contributed by atoms with Gasteiger partial charge in [0, 0.05) is 12.8 Å². The molecule has 1 nitrogen and oxygen atoms in total. The SMILES string of the molecule is CC(C)C(C)CC(=O)Cc1ccc2ccccc2c1. The molecule has 0 aromatic heterocycles. The van der Waals surface area contributed by atoms with Crippen LogP contribution in [0.4, 0.5) is 0 Å². The minimum Gasteiger partial charge on any atom is -0.299 e. The molecule has 1 atom stereocenters. The number of ketones is 1. The molecule has 0 heterocycles. The predicted molar refractivity (Wildman–Crippen MR) is 81.3 cm³/mol. The van der Waals surface area contributed by atoms with E-state index in [1.54, 1.807) is 0 Å². The Kier molecular flexibility index (Phi) is 4.36. The molecule has 19 heavy (non-hydrogen) atoms. The van der Waals surface area contributed by atoms with Gasteiger partial charge in [-0.2, -0.15) is 0 Å². The highest BCUT2D eigenvalue weighted by atomic mass is 16.1. The highest BCUT2D eigenvalue weighted by Gasteiger charge is 2.13. The van der Waals surface area contributed by atoms with Crippen LogP contribution < -0.4 is 0 Å². The number of carbonyl (C=O) groups excluding carboxylic acids is 1. The van der Waals surface area contributed by atoms with Crippen molar-refractivity contribution in [1.29, 1.82) is 0 Å².